The van der Waals surface area contributed by atoms with E-state index in [2.05, 4.69) is 22.4 Å². The number of rotatable bonds is 2. The molecule has 6 heteroatoms. The molecule has 0 radical (unpaired) electrons. The number of nitrogens with zero attached hydrogens (tertiary/aromatic N) is 2. The van der Waals surface area contributed by atoms with Crippen LogP contribution in [0.15, 0.2) is 5.38 Å². The monoisotopic (exact) mass is 293 g/mol. The highest BCUT2D eigenvalue weighted by Crippen LogP contribution is 2.33. The molecule has 2 aromatic heterocycles. The van der Waals surface area contributed by atoms with Gasteiger partial charge in [-0.3, -0.25) is 10.1 Å². The Morgan fingerprint density at radius 3 is 3.05 bits per heavy atom. The van der Waals surface area contributed by atoms with Crippen molar-refractivity contribution in [3.63, 3.8) is 0 Å². The first kappa shape index (κ1) is 12.7. The van der Waals surface area contributed by atoms with Gasteiger partial charge in [0, 0.05) is 10.3 Å². The third-order valence-corrected chi connectivity index (χ3v) is 5.20. The van der Waals surface area contributed by atoms with Crippen LogP contribution in [0.4, 0.5) is 5.13 Å². The number of carbonyl (C=O) groups excluding carboxylic acids is 1. The van der Waals surface area contributed by atoms with Gasteiger partial charge in [0.05, 0.1) is 5.56 Å². The summed E-state index contributed by atoms with van der Waals surface area (Å²) in [6.07, 6.45) is 3.28. The van der Waals surface area contributed by atoms with Crippen LogP contribution in [-0.4, -0.2) is 16.1 Å². The third-order valence-electron chi connectivity index (χ3n) is 3.39. The zero-order chi connectivity index (χ0) is 13.4. The van der Waals surface area contributed by atoms with Crippen LogP contribution >= 0.6 is 22.7 Å². The van der Waals surface area contributed by atoms with E-state index in [-0.39, 0.29) is 5.91 Å². The fourth-order valence-corrected chi connectivity index (χ4v) is 4.21. The van der Waals surface area contributed by atoms with Crippen LogP contribution in [0, 0.1) is 12.8 Å². The molecular weight excluding hydrogens is 278 g/mol. The summed E-state index contributed by atoms with van der Waals surface area (Å²) in [5.74, 6) is 0.677. The van der Waals surface area contributed by atoms with Crippen LogP contribution in [0.1, 0.15) is 39.2 Å². The van der Waals surface area contributed by atoms with E-state index in [9.17, 15) is 4.79 Å². The number of fused-ring (bicyclic) bond motifs is 1. The summed E-state index contributed by atoms with van der Waals surface area (Å²) in [5.41, 5.74) is 2.06. The molecular formula is C13H15N3OS2. The molecule has 0 fully saturated rings. The second-order valence-electron chi connectivity index (χ2n) is 4.98. The van der Waals surface area contributed by atoms with Crippen molar-refractivity contribution >= 4 is 33.7 Å². The number of aromatic nitrogens is 2. The first-order chi connectivity index (χ1) is 9.13. The molecule has 1 N–H and O–H groups in total. The van der Waals surface area contributed by atoms with Crippen molar-refractivity contribution in [3.8, 4) is 0 Å². The Labute approximate surface area is 119 Å². The fraction of sp³-hybridized carbons (Fsp3) is 0.462. The maximum Gasteiger partial charge on any atom is 0.258 e. The number of anilines is 1. The van der Waals surface area contributed by atoms with Gasteiger partial charge in [-0.2, -0.15) is 0 Å². The number of nitrogens with one attached hydrogen (secondary N) is 1. The minimum atomic E-state index is -0.0526. The highest BCUT2D eigenvalue weighted by molar-refractivity contribution is 7.15. The molecule has 0 unspecified atom stereocenters. The van der Waals surface area contributed by atoms with Crippen LogP contribution in [-0.2, 0) is 12.8 Å². The maximum atomic E-state index is 12.3. The highest BCUT2D eigenvalue weighted by atomic mass is 32.1. The summed E-state index contributed by atoms with van der Waals surface area (Å²) in [7, 11) is 0. The topological polar surface area (TPSA) is 54.9 Å². The Hall–Kier alpha value is -1.27. The minimum absolute atomic E-state index is 0.0526. The average Bonchev–Trinajstić information content (AvgIpc) is 2.95. The molecule has 0 bridgehead atoms. The second-order valence-corrected chi connectivity index (χ2v) is 7.13. The summed E-state index contributed by atoms with van der Waals surface area (Å²) in [4.78, 5) is 13.6. The summed E-state index contributed by atoms with van der Waals surface area (Å²) in [6, 6.07) is 0. The van der Waals surface area contributed by atoms with Crippen LogP contribution in [0.5, 0.6) is 0 Å². The molecule has 0 spiro atoms. The number of hydrogen-bond acceptors (Lipinski definition) is 5. The molecule has 1 aliphatic rings. The van der Waals surface area contributed by atoms with Crippen molar-refractivity contribution in [2.75, 3.05) is 5.32 Å². The van der Waals surface area contributed by atoms with Gasteiger partial charge < -0.3 is 0 Å². The normalized spacial score (nSPS) is 18.1. The van der Waals surface area contributed by atoms with E-state index in [0.29, 0.717) is 5.13 Å². The van der Waals surface area contributed by atoms with Gasteiger partial charge in [0.2, 0.25) is 5.13 Å². The van der Waals surface area contributed by atoms with Gasteiger partial charge in [-0.15, -0.1) is 21.5 Å². The molecule has 4 nitrogen and oxygen atoms in total. The minimum Gasteiger partial charge on any atom is -0.296 e. The Bertz CT molecular complexity index is 617. The fourth-order valence-electron chi connectivity index (χ4n) is 2.38. The van der Waals surface area contributed by atoms with Crippen molar-refractivity contribution in [1.82, 2.24) is 10.2 Å². The molecule has 0 saturated carbocycles. The van der Waals surface area contributed by atoms with Gasteiger partial charge in [-0.05, 0) is 37.7 Å². The van der Waals surface area contributed by atoms with Gasteiger partial charge >= 0.3 is 0 Å². The molecule has 1 atom stereocenters. The lowest BCUT2D eigenvalue weighted by molar-refractivity contribution is 0.102. The summed E-state index contributed by atoms with van der Waals surface area (Å²) >= 11 is 3.11. The molecule has 1 amide bonds. The van der Waals surface area contributed by atoms with Crippen LogP contribution in [0.2, 0.25) is 0 Å². The summed E-state index contributed by atoms with van der Waals surface area (Å²) < 4.78 is 0. The molecule has 2 aromatic rings. The SMILES string of the molecule is Cc1nnc(NC(=O)c2csc3c2CC[C@@H](C)C3)s1. The number of thiophene rings is 1. The van der Waals surface area contributed by atoms with E-state index in [4.69, 9.17) is 0 Å². The first-order valence-electron chi connectivity index (χ1n) is 6.34. The predicted octanol–water partition coefficient (Wildman–Crippen LogP) is 3.29. The zero-order valence-corrected chi connectivity index (χ0v) is 12.5. The molecule has 0 saturated heterocycles. The van der Waals surface area contributed by atoms with Gasteiger partial charge in [0.25, 0.3) is 5.91 Å². The molecule has 19 heavy (non-hydrogen) atoms. The molecule has 100 valence electrons. The van der Waals surface area contributed by atoms with Crippen molar-refractivity contribution in [2.24, 2.45) is 5.92 Å². The average molecular weight is 293 g/mol. The number of hydrogen-bond donors (Lipinski definition) is 1. The van der Waals surface area contributed by atoms with Gasteiger partial charge in [0.1, 0.15) is 5.01 Å². The summed E-state index contributed by atoms with van der Waals surface area (Å²) in [5, 5.41) is 14.1. The largest absolute Gasteiger partial charge is 0.296 e. The van der Waals surface area contributed by atoms with E-state index < -0.39 is 0 Å². The molecule has 3 rings (SSSR count). The van der Waals surface area contributed by atoms with Gasteiger partial charge in [0.15, 0.2) is 0 Å². The molecule has 1 aliphatic carbocycles. The second kappa shape index (κ2) is 5.02. The van der Waals surface area contributed by atoms with E-state index in [1.807, 2.05) is 12.3 Å². The van der Waals surface area contributed by atoms with Gasteiger partial charge in [-0.25, -0.2) is 0 Å². The van der Waals surface area contributed by atoms with E-state index in [1.165, 1.54) is 28.2 Å². The zero-order valence-electron chi connectivity index (χ0n) is 10.9. The number of aryl methyl sites for hydroxylation is 1. The Morgan fingerprint density at radius 2 is 2.32 bits per heavy atom. The first-order valence-corrected chi connectivity index (χ1v) is 8.04. The van der Waals surface area contributed by atoms with Crippen molar-refractivity contribution < 1.29 is 4.79 Å². The standard InChI is InChI=1S/C13H15N3OS2/c1-7-3-4-9-10(6-18-11(9)5-7)12(17)14-13-16-15-8(2)19-13/h6-7H,3-5H2,1-2H3,(H,14,16,17)/t7-/m1/s1. The van der Waals surface area contributed by atoms with Crippen molar-refractivity contribution in [2.45, 2.75) is 33.1 Å². The lowest BCUT2D eigenvalue weighted by atomic mass is 9.88. The van der Waals surface area contributed by atoms with Crippen LogP contribution < -0.4 is 5.32 Å². The Morgan fingerprint density at radius 1 is 1.47 bits per heavy atom. The third kappa shape index (κ3) is 2.55. The predicted molar refractivity (Wildman–Crippen MR) is 78.1 cm³/mol. The van der Waals surface area contributed by atoms with Crippen LogP contribution in [0.3, 0.4) is 0 Å². The van der Waals surface area contributed by atoms with E-state index >= 15 is 0 Å². The van der Waals surface area contributed by atoms with Crippen LogP contribution in [0.25, 0.3) is 0 Å². The maximum absolute atomic E-state index is 12.3. The van der Waals surface area contributed by atoms with Gasteiger partial charge in [-0.1, -0.05) is 18.3 Å². The molecule has 2 heterocycles. The smallest absolute Gasteiger partial charge is 0.258 e. The van der Waals surface area contributed by atoms with E-state index in [0.717, 1.165) is 29.3 Å². The Kier molecular flexibility index (Phi) is 3.36. The van der Waals surface area contributed by atoms with Crippen molar-refractivity contribution in [1.29, 1.82) is 0 Å². The molecule has 0 aromatic carbocycles. The van der Waals surface area contributed by atoms with E-state index in [1.54, 1.807) is 11.3 Å². The lowest BCUT2D eigenvalue weighted by Crippen LogP contribution is -2.16. The van der Waals surface area contributed by atoms with Crippen molar-refractivity contribution in [3.05, 3.63) is 26.4 Å². The Balaban J connectivity index is 1.81. The molecule has 0 aliphatic heterocycles. The number of carbonyl (C=O) groups is 1. The highest BCUT2D eigenvalue weighted by Gasteiger charge is 2.23. The summed E-state index contributed by atoms with van der Waals surface area (Å²) in [6.45, 7) is 4.15. The quantitative estimate of drug-likeness (QED) is 0.924. The lowest BCUT2D eigenvalue weighted by Gasteiger charge is -2.18. The number of amides is 1.